The number of rotatable bonds is 5. The Labute approximate surface area is 157 Å². The third-order valence-corrected chi connectivity index (χ3v) is 5.72. The van der Waals surface area contributed by atoms with Gasteiger partial charge < -0.3 is 5.32 Å². The van der Waals surface area contributed by atoms with Gasteiger partial charge in [-0.25, -0.2) is 4.98 Å². The van der Waals surface area contributed by atoms with Crippen LogP contribution >= 0.6 is 27.3 Å². The van der Waals surface area contributed by atoms with Gasteiger partial charge in [-0.1, -0.05) is 28.1 Å². The number of amides is 1. The molecule has 0 radical (unpaired) electrons. The van der Waals surface area contributed by atoms with E-state index in [4.69, 9.17) is 0 Å². The number of nitrogens with one attached hydrogen (secondary N) is 1. The van der Waals surface area contributed by atoms with Gasteiger partial charge in [-0.05, 0) is 37.1 Å². The van der Waals surface area contributed by atoms with E-state index in [1.165, 1.54) is 22.2 Å². The molecule has 130 valence electrons. The molecule has 2 aromatic heterocycles. The number of halogens is 1. The monoisotopic (exact) mass is 419 g/mol. The van der Waals surface area contributed by atoms with Crippen LogP contribution in [0.15, 0.2) is 39.9 Å². The molecule has 5 nitrogen and oxygen atoms in total. The molecule has 25 heavy (non-hydrogen) atoms. The first-order valence-corrected chi connectivity index (χ1v) is 9.53. The van der Waals surface area contributed by atoms with Crippen LogP contribution in [0, 0.1) is 13.8 Å². The molecule has 1 aromatic carbocycles. The molecule has 7 heteroatoms. The number of carbonyl (C=O) groups is 1. The average Bonchev–Trinajstić information content (AvgIpc) is 2.87. The fourth-order valence-electron chi connectivity index (χ4n) is 2.59. The lowest BCUT2D eigenvalue weighted by atomic mass is 10.2. The number of aryl methyl sites for hydroxylation is 3. The third-order valence-electron chi connectivity index (χ3n) is 4.11. The maximum atomic E-state index is 12.6. The standard InChI is InChI=1S/C18H18BrN3O2S/c1-11-12(2)25-17-16(11)18(24)22(10-21-17)7-6-15(23)20-9-13-4-3-5-14(19)8-13/h3-5,8,10H,6-7,9H2,1-2H3,(H,20,23). The first kappa shape index (κ1) is 17.8. The summed E-state index contributed by atoms with van der Waals surface area (Å²) in [4.78, 5) is 30.9. The van der Waals surface area contributed by atoms with Crippen LogP contribution in [-0.4, -0.2) is 15.5 Å². The minimum atomic E-state index is -0.0924. The highest BCUT2D eigenvalue weighted by Gasteiger charge is 2.12. The largest absolute Gasteiger partial charge is 0.352 e. The van der Waals surface area contributed by atoms with Gasteiger partial charge in [0.1, 0.15) is 4.83 Å². The third kappa shape index (κ3) is 3.99. The van der Waals surface area contributed by atoms with Crippen LogP contribution in [0.2, 0.25) is 0 Å². The Kier molecular flexibility index (Phi) is 5.34. The molecule has 1 N–H and O–H groups in total. The highest BCUT2D eigenvalue weighted by Crippen LogP contribution is 2.25. The van der Waals surface area contributed by atoms with Crippen LogP contribution < -0.4 is 10.9 Å². The Balaban J connectivity index is 1.64. The van der Waals surface area contributed by atoms with Gasteiger partial charge in [-0.3, -0.25) is 14.2 Å². The summed E-state index contributed by atoms with van der Waals surface area (Å²) >= 11 is 4.93. The Morgan fingerprint density at radius 1 is 1.36 bits per heavy atom. The second kappa shape index (κ2) is 7.49. The van der Waals surface area contributed by atoms with Crippen molar-refractivity contribution in [2.45, 2.75) is 33.4 Å². The predicted octanol–water partition coefficient (Wildman–Crippen LogP) is 3.54. The van der Waals surface area contributed by atoms with Gasteiger partial charge in [-0.15, -0.1) is 11.3 Å². The highest BCUT2D eigenvalue weighted by atomic mass is 79.9. The number of carbonyl (C=O) groups excluding carboxylic acids is 1. The molecule has 0 spiro atoms. The van der Waals surface area contributed by atoms with Gasteiger partial charge >= 0.3 is 0 Å². The van der Waals surface area contributed by atoms with E-state index in [9.17, 15) is 9.59 Å². The second-order valence-electron chi connectivity index (χ2n) is 5.86. The van der Waals surface area contributed by atoms with Crippen molar-refractivity contribution in [3.8, 4) is 0 Å². The summed E-state index contributed by atoms with van der Waals surface area (Å²) in [5.41, 5.74) is 1.92. The number of benzene rings is 1. The molecule has 0 bridgehead atoms. The van der Waals surface area contributed by atoms with Crippen LogP contribution in [-0.2, 0) is 17.9 Å². The van der Waals surface area contributed by atoms with Gasteiger partial charge in [0, 0.05) is 28.9 Å². The number of nitrogens with zero attached hydrogens (tertiary/aromatic N) is 2. The summed E-state index contributed by atoms with van der Waals surface area (Å²) < 4.78 is 2.49. The van der Waals surface area contributed by atoms with Gasteiger partial charge in [0.25, 0.3) is 5.56 Å². The minimum absolute atomic E-state index is 0.0772. The van der Waals surface area contributed by atoms with Crippen LogP contribution in [0.3, 0.4) is 0 Å². The lowest BCUT2D eigenvalue weighted by Gasteiger charge is -2.07. The van der Waals surface area contributed by atoms with Gasteiger partial charge in [0.05, 0.1) is 11.7 Å². The predicted molar refractivity (Wildman–Crippen MR) is 104 cm³/mol. The summed E-state index contributed by atoms with van der Waals surface area (Å²) in [5.74, 6) is -0.0924. The molecule has 0 unspecified atom stereocenters. The van der Waals surface area contributed by atoms with Crippen molar-refractivity contribution < 1.29 is 4.79 Å². The lowest BCUT2D eigenvalue weighted by Crippen LogP contribution is -2.27. The molecular weight excluding hydrogens is 402 g/mol. The van der Waals surface area contributed by atoms with E-state index in [2.05, 4.69) is 26.2 Å². The zero-order chi connectivity index (χ0) is 18.0. The van der Waals surface area contributed by atoms with Gasteiger partial charge in [0.2, 0.25) is 5.91 Å². The summed E-state index contributed by atoms with van der Waals surface area (Å²) in [7, 11) is 0. The Morgan fingerprint density at radius 3 is 2.92 bits per heavy atom. The number of fused-ring (bicyclic) bond motifs is 1. The summed E-state index contributed by atoms with van der Waals surface area (Å²) in [5, 5.41) is 3.54. The topological polar surface area (TPSA) is 64.0 Å². The Morgan fingerprint density at radius 2 is 2.16 bits per heavy atom. The zero-order valence-electron chi connectivity index (χ0n) is 14.0. The molecule has 3 rings (SSSR count). The van der Waals surface area contributed by atoms with Crippen molar-refractivity contribution in [3.05, 3.63) is 61.4 Å². The van der Waals surface area contributed by atoms with E-state index >= 15 is 0 Å². The minimum Gasteiger partial charge on any atom is -0.352 e. The number of hydrogen-bond donors (Lipinski definition) is 1. The first-order chi connectivity index (χ1) is 12.0. The zero-order valence-corrected chi connectivity index (χ0v) is 16.4. The first-order valence-electron chi connectivity index (χ1n) is 7.92. The van der Waals surface area contributed by atoms with Crippen LogP contribution in [0.5, 0.6) is 0 Å². The Hall–Kier alpha value is -1.99. The smallest absolute Gasteiger partial charge is 0.262 e. The van der Waals surface area contributed by atoms with Crippen molar-refractivity contribution in [1.82, 2.24) is 14.9 Å². The molecule has 1 amide bonds. The molecule has 0 aliphatic heterocycles. The molecule has 0 fully saturated rings. The molecule has 3 aromatic rings. The van der Waals surface area contributed by atoms with Gasteiger partial charge in [0.15, 0.2) is 0 Å². The van der Waals surface area contributed by atoms with Crippen molar-refractivity contribution in [3.63, 3.8) is 0 Å². The molecule has 2 heterocycles. The van der Waals surface area contributed by atoms with E-state index in [1.807, 2.05) is 38.1 Å². The van der Waals surface area contributed by atoms with E-state index in [-0.39, 0.29) is 17.9 Å². The normalized spacial score (nSPS) is 11.0. The maximum Gasteiger partial charge on any atom is 0.262 e. The van der Waals surface area contributed by atoms with E-state index in [0.717, 1.165) is 25.3 Å². The lowest BCUT2D eigenvalue weighted by molar-refractivity contribution is -0.121. The molecule has 0 atom stereocenters. The number of thiophene rings is 1. The average molecular weight is 420 g/mol. The molecule has 0 saturated carbocycles. The second-order valence-corrected chi connectivity index (χ2v) is 7.98. The van der Waals surface area contributed by atoms with E-state index in [0.29, 0.717) is 18.5 Å². The highest BCUT2D eigenvalue weighted by molar-refractivity contribution is 9.10. The molecule has 0 aliphatic carbocycles. The molecule has 0 saturated heterocycles. The summed E-state index contributed by atoms with van der Waals surface area (Å²) in [6.07, 6.45) is 1.77. The van der Waals surface area contributed by atoms with Crippen LogP contribution in [0.4, 0.5) is 0 Å². The SMILES string of the molecule is Cc1sc2ncn(CCC(=O)NCc3cccc(Br)c3)c(=O)c2c1C. The van der Waals surface area contributed by atoms with Crippen molar-refractivity contribution >= 4 is 43.4 Å². The van der Waals surface area contributed by atoms with Crippen molar-refractivity contribution in [2.75, 3.05) is 0 Å². The van der Waals surface area contributed by atoms with E-state index < -0.39 is 0 Å². The van der Waals surface area contributed by atoms with Gasteiger partial charge in [-0.2, -0.15) is 0 Å². The maximum absolute atomic E-state index is 12.6. The van der Waals surface area contributed by atoms with Crippen molar-refractivity contribution in [1.29, 1.82) is 0 Å². The van der Waals surface area contributed by atoms with Crippen molar-refractivity contribution in [2.24, 2.45) is 0 Å². The summed E-state index contributed by atoms with van der Waals surface area (Å²) in [6, 6.07) is 7.78. The fraction of sp³-hybridized carbons (Fsp3) is 0.278. The molecular formula is C18H18BrN3O2S. The summed E-state index contributed by atoms with van der Waals surface area (Å²) in [6.45, 7) is 4.71. The fourth-order valence-corrected chi connectivity index (χ4v) is 4.02. The number of aromatic nitrogens is 2. The van der Waals surface area contributed by atoms with E-state index in [1.54, 1.807) is 0 Å². The quantitative estimate of drug-likeness (QED) is 0.687. The molecule has 0 aliphatic rings. The van der Waals surface area contributed by atoms with Crippen LogP contribution in [0.25, 0.3) is 10.2 Å². The number of hydrogen-bond acceptors (Lipinski definition) is 4. The Bertz CT molecular complexity index is 994. The van der Waals surface area contributed by atoms with Crippen LogP contribution in [0.1, 0.15) is 22.4 Å².